The van der Waals surface area contributed by atoms with Gasteiger partial charge in [0.15, 0.2) is 0 Å². The zero-order valence-electron chi connectivity index (χ0n) is 9.56. The van der Waals surface area contributed by atoms with E-state index in [2.05, 4.69) is 5.16 Å². The van der Waals surface area contributed by atoms with Gasteiger partial charge in [0.05, 0.1) is 12.2 Å². The maximum absolute atomic E-state index is 10.8. The lowest BCUT2D eigenvalue weighted by Gasteiger charge is -2.19. The van der Waals surface area contributed by atoms with Crippen LogP contribution in [0.5, 0.6) is 0 Å². The number of rotatable bonds is 5. The summed E-state index contributed by atoms with van der Waals surface area (Å²) < 4.78 is 5.08. The Balaban J connectivity index is 2.08. The van der Waals surface area contributed by atoms with E-state index >= 15 is 0 Å². The van der Waals surface area contributed by atoms with Gasteiger partial charge in [-0.2, -0.15) is 0 Å². The van der Waals surface area contributed by atoms with Crippen LogP contribution >= 0.6 is 0 Å². The van der Waals surface area contributed by atoms with Crippen LogP contribution in [0.25, 0.3) is 0 Å². The number of carbonyl (C=O) groups is 1. The monoisotopic (exact) mass is 224 g/mol. The molecule has 1 aliphatic carbocycles. The Hall–Kier alpha value is -1.36. The standard InChI is InChI=1S/C11H16N2O3/c1-7-10(8(2)16-12-7)5-13(6-11(14)15)9-3-4-9/h9H,3-6H2,1-2H3,(H,14,15). The number of carboxylic acids is 1. The summed E-state index contributed by atoms with van der Waals surface area (Å²) in [6.45, 7) is 4.46. The van der Waals surface area contributed by atoms with Crippen molar-refractivity contribution in [2.75, 3.05) is 6.54 Å². The molecule has 0 spiro atoms. The fourth-order valence-electron chi connectivity index (χ4n) is 1.86. The second kappa shape index (κ2) is 4.25. The van der Waals surface area contributed by atoms with Gasteiger partial charge >= 0.3 is 5.97 Å². The summed E-state index contributed by atoms with van der Waals surface area (Å²) in [5, 5.41) is 12.7. The van der Waals surface area contributed by atoms with Gasteiger partial charge in [-0.3, -0.25) is 9.69 Å². The molecule has 0 amide bonds. The molecule has 1 aliphatic rings. The fraction of sp³-hybridized carbons (Fsp3) is 0.636. The van der Waals surface area contributed by atoms with Gasteiger partial charge in [0.1, 0.15) is 5.76 Å². The van der Waals surface area contributed by atoms with Crippen molar-refractivity contribution in [3.63, 3.8) is 0 Å². The molecule has 1 fully saturated rings. The molecule has 88 valence electrons. The highest BCUT2D eigenvalue weighted by Crippen LogP contribution is 2.29. The predicted octanol–water partition coefficient (Wildman–Crippen LogP) is 1.34. The molecule has 0 aliphatic heterocycles. The van der Waals surface area contributed by atoms with Gasteiger partial charge in [-0.05, 0) is 26.7 Å². The number of aliphatic carboxylic acids is 1. The van der Waals surface area contributed by atoms with Crippen LogP contribution in [-0.4, -0.2) is 33.7 Å². The van der Waals surface area contributed by atoms with Gasteiger partial charge in [0.25, 0.3) is 0 Å². The van der Waals surface area contributed by atoms with Crippen LogP contribution in [0, 0.1) is 13.8 Å². The molecule has 1 heterocycles. The third-order valence-electron chi connectivity index (χ3n) is 2.94. The summed E-state index contributed by atoms with van der Waals surface area (Å²) in [5.41, 5.74) is 1.88. The lowest BCUT2D eigenvalue weighted by atomic mass is 10.2. The molecule has 16 heavy (non-hydrogen) atoms. The van der Waals surface area contributed by atoms with Crippen LogP contribution in [0.4, 0.5) is 0 Å². The van der Waals surface area contributed by atoms with Crippen LogP contribution in [0.15, 0.2) is 4.52 Å². The maximum Gasteiger partial charge on any atom is 0.317 e. The third-order valence-corrected chi connectivity index (χ3v) is 2.94. The number of aryl methyl sites for hydroxylation is 2. The van der Waals surface area contributed by atoms with Crippen LogP contribution in [-0.2, 0) is 11.3 Å². The lowest BCUT2D eigenvalue weighted by Crippen LogP contribution is -2.31. The first kappa shape index (κ1) is 11.1. The molecule has 5 heteroatoms. The van der Waals surface area contributed by atoms with E-state index in [0.29, 0.717) is 12.6 Å². The molecule has 0 bridgehead atoms. The highest BCUT2D eigenvalue weighted by Gasteiger charge is 2.31. The molecular weight excluding hydrogens is 208 g/mol. The molecule has 0 radical (unpaired) electrons. The van der Waals surface area contributed by atoms with Crippen molar-refractivity contribution in [2.24, 2.45) is 0 Å². The molecule has 1 N–H and O–H groups in total. The highest BCUT2D eigenvalue weighted by molar-refractivity contribution is 5.69. The SMILES string of the molecule is Cc1noc(C)c1CN(CC(=O)O)C1CC1. The molecule has 1 aromatic rings. The largest absolute Gasteiger partial charge is 0.480 e. The van der Waals surface area contributed by atoms with E-state index in [4.69, 9.17) is 9.63 Å². The summed E-state index contributed by atoms with van der Waals surface area (Å²) in [6.07, 6.45) is 2.19. The number of aromatic nitrogens is 1. The average molecular weight is 224 g/mol. The first-order chi connectivity index (χ1) is 7.58. The second-order valence-electron chi connectivity index (χ2n) is 4.33. The van der Waals surface area contributed by atoms with E-state index in [-0.39, 0.29) is 6.54 Å². The van der Waals surface area contributed by atoms with Crippen molar-refractivity contribution in [3.8, 4) is 0 Å². The minimum absolute atomic E-state index is 0.0920. The van der Waals surface area contributed by atoms with Crippen molar-refractivity contribution in [2.45, 2.75) is 39.3 Å². The quantitative estimate of drug-likeness (QED) is 0.817. The Bertz CT molecular complexity index is 376. The number of carboxylic acid groups (broad SMARTS) is 1. The Morgan fingerprint density at radius 1 is 1.56 bits per heavy atom. The topological polar surface area (TPSA) is 66.6 Å². The average Bonchev–Trinajstić information content (AvgIpc) is 2.99. The van der Waals surface area contributed by atoms with E-state index in [9.17, 15) is 4.79 Å². The van der Waals surface area contributed by atoms with Crippen LogP contribution < -0.4 is 0 Å². The number of hydrogen-bond acceptors (Lipinski definition) is 4. The molecule has 0 aromatic carbocycles. The van der Waals surface area contributed by atoms with Gasteiger partial charge in [-0.15, -0.1) is 0 Å². The van der Waals surface area contributed by atoms with Crippen LogP contribution in [0.3, 0.4) is 0 Å². The van der Waals surface area contributed by atoms with E-state index < -0.39 is 5.97 Å². The van der Waals surface area contributed by atoms with Crippen molar-refractivity contribution < 1.29 is 14.4 Å². The summed E-state index contributed by atoms with van der Waals surface area (Å²) in [7, 11) is 0. The van der Waals surface area contributed by atoms with Crippen molar-refractivity contribution in [3.05, 3.63) is 17.0 Å². The summed E-state index contributed by atoms with van der Waals surface area (Å²) in [6, 6.07) is 0.421. The molecular formula is C11H16N2O3. The Morgan fingerprint density at radius 3 is 2.69 bits per heavy atom. The first-order valence-electron chi connectivity index (χ1n) is 5.45. The highest BCUT2D eigenvalue weighted by atomic mass is 16.5. The Morgan fingerprint density at radius 2 is 2.25 bits per heavy atom. The number of nitrogens with zero attached hydrogens (tertiary/aromatic N) is 2. The summed E-state index contributed by atoms with van der Waals surface area (Å²) in [4.78, 5) is 12.7. The Labute approximate surface area is 94.0 Å². The summed E-state index contributed by atoms with van der Waals surface area (Å²) in [5.74, 6) is 0.00667. The van der Waals surface area contributed by atoms with Crippen molar-refractivity contribution in [1.82, 2.24) is 10.1 Å². The molecule has 0 unspecified atom stereocenters. The Kier molecular flexibility index (Phi) is 2.96. The van der Waals surface area contributed by atoms with E-state index in [1.807, 2.05) is 18.7 Å². The van der Waals surface area contributed by atoms with Gasteiger partial charge in [-0.25, -0.2) is 0 Å². The molecule has 1 aromatic heterocycles. The molecule has 5 nitrogen and oxygen atoms in total. The van der Waals surface area contributed by atoms with E-state index in [1.165, 1.54) is 0 Å². The minimum Gasteiger partial charge on any atom is -0.480 e. The zero-order chi connectivity index (χ0) is 11.7. The minimum atomic E-state index is -0.779. The van der Waals surface area contributed by atoms with E-state index in [1.54, 1.807) is 0 Å². The van der Waals surface area contributed by atoms with Crippen molar-refractivity contribution >= 4 is 5.97 Å². The second-order valence-corrected chi connectivity index (χ2v) is 4.33. The van der Waals surface area contributed by atoms with Gasteiger partial charge in [-0.1, -0.05) is 5.16 Å². The van der Waals surface area contributed by atoms with Gasteiger partial charge in [0.2, 0.25) is 0 Å². The van der Waals surface area contributed by atoms with Gasteiger partial charge in [0, 0.05) is 18.2 Å². The maximum atomic E-state index is 10.8. The smallest absolute Gasteiger partial charge is 0.317 e. The molecule has 1 saturated carbocycles. The number of hydrogen-bond donors (Lipinski definition) is 1. The van der Waals surface area contributed by atoms with Crippen LogP contribution in [0.2, 0.25) is 0 Å². The lowest BCUT2D eigenvalue weighted by molar-refractivity contribution is -0.138. The fourth-order valence-corrected chi connectivity index (χ4v) is 1.86. The normalized spacial score (nSPS) is 15.7. The third kappa shape index (κ3) is 2.41. The van der Waals surface area contributed by atoms with Gasteiger partial charge < -0.3 is 9.63 Å². The zero-order valence-corrected chi connectivity index (χ0v) is 9.56. The first-order valence-corrected chi connectivity index (χ1v) is 5.45. The molecule has 0 saturated heterocycles. The van der Waals surface area contributed by atoms with Crippen molar-refractivity contribution in [1.29, 1.82) is 0 Å². The summed E-state index contributed by atoms with van der Waals surface area (Å²) >= 11 is 0. The predicted molar refractivity (Wildman–Crippen MR) is 57.0 cm³/mol. The molecule has 0 atom stereocenters. The molecule has 2 rings (SSSR count). The van der Waals surface area contributed by atoms with Crippen LogP contribution in [0.1, 0.15) is 29.9 Å². The van der Waals surface area contributed by atoms with E-state index in [0.717, 1.165) is 29.9 Å².